The van der Waals surface area contributed by atoms with E-state index in [0.29, 0.717) is 24.3 Å². The Kier molecular flexibility index (Phi) is 7.69. The molecule has 0 aromatic heterocycles. The van der Waals surface area contributed by atoms with Crippen molar-refractivity contribution in [1.82, 2.24) is 4.84 Å². The van der Waals surface area contributed by atoms with Gasteiger partial charge in [0, 0.05) is 12.0 Å². The van der Waals surface area contributed by atoms with E-state index in [1.807, 2.05) is 0 Å². The fourth-order valence-electron chi connectivity index (χ4n) is 1.56. The van der Waals surface area contributed by atoms with Crippen LogP contribution in [-0.2, 0) is 9.53 Å². The summed E-state index contributed by atoms with van der Waals surface area (Å²) in [5.41, 5.74) is 0.580. The first-order valence-electron chi connectivity index (χ1n) is 6.33. The highest BCUT2D eigenvalue weighted by Crippen LogP contribution is 2.13. The quantitative estimate of drug-likeness (QED) is 0.328. The molecule has 1 aromatic rings. The van der Waals surface area contributed by atoms with Crippen LogP contribution in [0, 0.1) is 0 Å². The molecule has 0 spiro atoms. The molecule has 0 aliphatic rings. The van der Waals surface area contributed by atoms with Gasteiger partial charge in [0.1, 0.15) is 5.75 Å². The zero-order chi connectivity index (χ0) is 14.8. The van der Waals surface area contributed by atoms with Crippen LogP contribution in [0.25, 0.3) is 0 Å². The molecule has 20 heavy (non-hydrogen) atoms. The summed E-state index contributed by atoms with van der Waals surface area (Å²) in [6.07, 6.45) is 1.90. The third-order valence-electron chi connectivity index (χ3n) is 2.68. The summed E-state index contributed by atoms with van der Waals surface area (Å²) >= 11 is 5.28. The van der Waals surface area contributed by atoms with Gasteiger partial charge in [-0.05, 0) is 48.9 Å². The molecular weight excluding hydrogens is 282 g/mol. The largest absolute Gasteiger partial charge is 0.494 e. The van der Waals surface area contributed by atoms with Crippen molar-refractivity contribution in [2.45, 2.75) is 19.3 Å². The topological polar surface area (TPSA) is 64.6 Å². The molecule has 0 unspecified atom stereocenters. The highest BCUT2D eigenvalue weighted by atomic mass is 35.5. The molecule has 1 rings (SSSR count). The molecule has 0 amide bonds. The van der Waals surface area contributed by atoms with E-state index < -0.39 is 0 Å². The van der Waals surface area contributed by atoms with E-state index in [1.54, 1.807) is 24.3 Å². The number of benzene rings is 1. The van der Waals surface area contributed by atoms with Crippen LogP contribution in [0.2, 0.25) is 0 Å². The first kappa shape index (κ1) is 16.5. The minimum absolute atomic E-state index is 0.0790. The first-order valence-corrected chi connectivity index (χ1v) is 6.71. The summed E-state index contributed by atoms with van der Waals surface area (Å²) in [4.78, 5) is 24.7. The van der Waals surface area contributed by atoms with Gasteiger partial charge in [0.2, 0.25) is 0 Å². The molecule has 6 heteroatoms. The predicted octanol–water partition coefficient (Wildman–Crippen LogP) is 2.33. The van der Waals surface area contributed by atoms with E-state index in [0.717, 1.165) is 12.8 Å². The Bertz CT molecular complexity index is 433. The second kappa shape index (κ2) is 9.34. The van der Waals surface area contributed by atoms with Gasteiger partial charge in [-0.2, -0.15) is 0 Å². The Labute approximate surface area is 123 Å². The lowest BCUT2D eigenvalue weighted by atomic mass is 10.1. The minimum atomic E-state index is -0.208. The molecule has 0 heterocycles. The molecule has 0 radical (unpaired) electrons. The van der Waals surface area contributed by atoms with Crippen LogP contribution in [0.1, 0.15) is 29.6 Å². The molecule has 0 saturated carbocycles. The fraction of sp³-hybridized carbons (Fsp3) is 0.429. The molecular formula is C14H18ClNO4. The summed E-state index contributed by atoms with van der Waals surface area (Å²) in [5.74, 6) is 0.406. The minimum Gasteiger partial charge on any atom is -0.494 e. The van der Waals surface area contributed by atoms with Crippen LogP contribution < -0.4 is 9.57 Å². The molecule has 0 aliphatic heterocycles. The van der Waals surface area contributed by atoms with E-state index in [2.05, 4.69) is 9.57 Å². The number of unbranched alkanes of at least 4 members (excludes halogenated alkanes) is 1. The summed E-state index contributed by atoms with van der Waals surface area (Å²) < 4.78 is 10.1. The van der Waals surface area contributed by atoms with Gasteiger partial charge in [0.05, 0.1) is 20.3 Å². The van der Waals surface area contributed by atoms with Crippen LogP contribution in [-0.4, -0.2) is 32.0 Å². The number of ether oxygens (including phenoxy) is 2. The van der Waals surface area contributed by atoms with E-state index in [-0.39, 0.29) is 18.3 Å². The van der Waals surface area contributed by atoms with Crippen molar-refractivity contribution in [1.29, 1.82) is 0 Å². The maximum absolute atomic E-state index is 11.5. The standard InChI is InChI=1S/C14H18ClNO4/c1-19-14(18)4-2-3-9-20-12-7-5-11(6-8-12)13(17)10-16-15/h5-8,16H,2-4,9-10H2,1H3. The third-order valence-corrected chi connectivity index (χ3v) is 2.81. The number of nitrogens with one attached hydrogen (secondary N) is 1. The number of hydrogen-bond donors (Lipinski definition) is 1. The lowest BCUT2D eigenvalue weighted by Crippen LogP contribution is -2.14. The number of Topliss-reactive ketones (excluding diaryl/α,β-unsaturated/α-hetero) is 1. The molecule has 0 atom stereocenters. The maximum Gasteiger partial charge on any atom is 0.305 e. The average Bonchev–Trinajstić information content (AvgIpc) is 2.47. The number of halogens is 1. The molecule has 0 fully saturated rings. The molecule has 5 nitrogen and oxygen atoms in total. The van der Waals surface area contributed by atoms with Crippen molar-refractivity contribution in [3.05, 3.63) is 29.8 Å². The molecule has 0 aliphatic carbocycles. The van der Waals surface area contributed by atoms with Crippen molar-refractivity contribution < 1.29 is 19.1 Å². The predicted molar refractivity (Wildman–Crippen MR) is 76.0 cm³/mol. The number of carbonyl (C=O) groups is 2. The average molecular weight is 300 g/mol. The smallest absolute Gasteiger partial charge is 0.305 e. The summed E-state index contributed by atoms with van der Waals surface area (Å²) in [6.45, 7) is 0.614. The Morgan fingerprint density at radius 3 is 2.50 bits per heavy atom. The molecule has 1 aromatic carbocycles. The van der Waals surface area contributed by atoms with Gasteiger partial charge >= 0.3 is 5.97 Å². The van der Waals surface area contributed by atoms with Gasteiger partial charge in [-0.1, -0.05) is 0 Å². The third kappa shape index (κ3) is 6.04. The van der Waals surface area contributed by atoms with Crippen LogP contribution in [0.3, 0.4) is 0 Å². The Balaban J connectivity index is 2.28. The van der Waals surface area contributed by atoms with E-state index in [4.69, 9.17) is 16.5 Å². The summed E-state index contributed by atoms with van der Waals surface area (Å²) in [6, 6.07) is 6.87. The maximum atomic E-state index is 11.5. The number of carbonyl (C=O) groups excluding carboxylic acids is 2. The molecule has 1 N–H and O–H groups in total. The lowest BCUT2D eigenvalue weighted by Gasteiger charge is -2.06. The normalized spacial score (nSPS) is 10.1. The van der Waals surface area contributed by atoms with Crippen molar-refractivity contribution in [2.75, 3.05) is 20.3 Å². The Morgan fingerprint density at radius 2 is 1.90 bits per heavy atom. The van der Waals surface area contributed by atoms with Crippen LogP contribution in [0.4, 0.5) is 0 Å². The van der Waals surface area contributed by atoms with E-state index in [1.165, 1.54) is 7.11 Å². The van der Waals surface area contributed by atoms with Gasteiger partial charge in [-0.25, -0.2) is 4.84 Å². The van der Waals surface area contributed by atoms with Crippen LogP contribution in [0.5, 0.6) is 5.75 Å². The van der Waals surface area contributed by atoms with Crippen molar-refractivity contribution >= 4 is 23.5 Å². The SMILES string of the molecule is COC(=O)CCCCOc1ccc(C(=O)CNCl)cc1. The second-order valence-electron chi connectivity index (χ2n) is 4.14. The molecule has 110 valence electrons. The Morgan fingerprint density at radius 1 is 1.20 bits per heavy atom. The van der Waals surface area contributed by atoms with Crippen molar-refractivity contribution in [3.8, 4) is 5.75 Å². The van der Waals surface area contributed by atoms with Crippen LogP contribution >= 0.6 is 11.8 Å². The highest BCUT2D eigenvalue weighted by Gasteiger charge is 2.05. The van der Waals surface area contributed by atoms with Gasteiger partial charge in [0.15, 0.2) is 5.78 Å². The van der Waals surface area contributed by atoms with Gasteiger partial charge in [-0.3, -0.25) is 9.59 Å². The Hall–Kier alpha value is -1.59. The van der Waals surface area contributed by atoms with Crippen molar-refractivity contribution in [2.24, 2.45) is 0 Å². The first-order chi connectivity index (χ1) is 9.67. The number of methoxy groups -OCH3 is 1. The molecule has 0 saturated heterocycles. The highest BCUT2D eigenvalue weighted by molar-refractivity contribution is 6.15. The monoisotopic (exact) mass is 299 g/mol. The van der Waals surface area contributed by atoms with Gasteiger partial charge in [0.25, 0.3) is 0 Å². The van der Waals surface area contributed by atoms with Gasteiger partial charge in [-0.15, -0.1) is 0 Å². The number of rotatable bonds is 9. The second-order valence-corrected chi connectivity index (χ2v) is 4.41. The summed E-state index contributed by atoms with van der Waals surface area (Å²) in [7, 11) is 1.38. The fourth-order valence-corrected chi connectivity index (χ4v) is 1.68. The van der Waals surface area contributed by atoms with E-state index >= 15 is 0 Å². The number of ketones is 1. The van der Waals surface area contributed by atoms with Gasteiger partial charge < -0.3 is 9.47 Å². The zero-order valence-electron chi connectivity index (χ0n) is 11.4. The number of esters is 1. The zero-order valence-corrected chi connectivity index (χ0v) is 12.1. The van der Waals surface area contributed by atoms with Crippen LogP contribution in [0.15, 0.2) is 24.3 Å². The molecule has 0 bridgehead atoms. The summed E-state index contributed by atoms with van der Waals surface area (Å²) in [5, 5.41) is 0. The van der Waals surface area contributed by atoms with Crippen molar-refractivity contribution in [3.63, 3.8) is 0 Å². The lowest BCUT2D eigenvalue weighted by molar-refractivity contribution is -0.140. The number of hydrogen-bond acceptors (Lipinski definition) is 5. The van der Waals surface area contributed by atoms with E-state index in [9.17, 15) is 9.59 Å².